The van der Waals surface area contributed by atoms with Crippen LogP contribution in [0.15, 0.2) is 34.7 Å². The number of nitrogens with zero attached hydrogens (tertiary/aromatic N) is 2. The van der Waals surface area contributed by atoms with Crippen molar-refractivity contribution in [1.29, 1.82) is 0 Å². The molecule has 5 heteroatoms. The predicted molar refractivity (Wildman–Crippen MR) is 69.0 cm³/mol. The summed E-state index contributed by atoms with van der Waals surface area (Å²) in [7, 11) is 0. The van der Waals surface area contributed by atoms with E-state index in [2.05, 4.69) is 24.0 Å². The lowest BCUT2D eigenvalue weighted by atomic mass is 9.85. The third-order valence-corrected chi connectivity index (χ3v) is 3.26. The lowest BCUT2D eigenvalue weighted by molar-refractivity contribution is 0.0650. The van der Waals surface area contributed by atoms with Crippen LogP contribution in [0.4, 0.5) is 0 Å². The molecule has 19 heavy (non-hydrogen) atoms. The Bertz CT molecular complexity index is 551. The molecule has 0 aliphatic rings. The highest BCUT2D eigenvalue weighted by Gasteiger charge is 2.26. The topological polar surface area (TPSA) is 76.2 Å². The molecule has 0 saturated heterocycles. The number of hydrogen-bond donors (Lipinski definition) is 1. The maximum absolute atomic E-state index is 10.8. The van der Waals surface area contributed by atoms with Gasteiger partial charge in [-0.2, -0.15) is 0 Å². The molecule has 0 spiro atoms. The Balaban J connectivity index is 2.40. The Kier molecular flexibility index (Phi) is 3.94. The first kappa shape index (κ1) is 13.3. The Morgan fingerprint density at radius 3 is 2.53 bits per heavy atom. The van der Waals surface area contributed by atoms with E-state index in [9.17, 15) is 4.79 Å². The number of aromatic nitrogens is 2. The van der Waals surface area contributed by atoms with E-state index in [1.165, 1.54) is 0 Å². The van der Waals surface area contributed by atoms with E-state index in [4.69, 9.17) is 9.52 Å². The van der Waals surface area contributed by atoms with Gasteiger partial charge in [-0.25, -0.2) is 4.79 Å². The minimum Gasteiger partial charge on any atom is -0.474 e. The second kappa shape index (κ2) is 5.65. The zero-order valence-corrected chi connectivity index (χ0v) is 10.9. The largest absolute Gasteiger partial charge is 0.474 e. The van der Waals surface area contributed by atoms with E-state index in [1.807, 2.05) is 30.3 Å². The Labute approximate surface area is 111 Å². The van der Waals surface area contributed by atoms with Crippen LogP contribution in [0.1, 0.15) is 48.3 Å². The highest BCUT2D eigenvalue weighted by Crippen LogP contribution is 2.32. The van der Waals surface area contributed by atoms with Gasteiger partial charge in [-0.15, -0.1) is 10.2 Å². The fourth-order valence-corrected chi connectivity index (χ4v) is 2.06. The Morgan fingerprint density at radius 1 is 1.32 bits per heavy atom. The molecule has 0 amide bonds. The third kappa shape index (κ3) is 2.81. The smallest absolute Gasteiger partial charge is 0.393 e. The molecule has 2 aromatic rings. The number of carbonyl (C=O) groups is 1. The maximum Gasteiger partial charge on any atom is 0.393 e. The Hall–Kier alpha value is -2.17. The minimum atomic E-state index is -1.20. The first-order valence-corrected chi connectivity index (χ1v) is 6.25. The average molecular weight is 260 g/mol. The number of rotatable bonds is 5. The van der Waals surface area contributed by atoms with Crippen LogP contribution in [-0.4, -0.2) is 21.3 Å². The standard InChI is InChI=1S/C14H16N2O3/c1-3-9(2)11(10-7-5-4-6-8-10)12-15-16-13(19-12)14(17)18/h4-9,11H,3H2,1-2H3,(H,17,18). The number of carboxylic acid groups (broad SMARTS) is 1. The number of aromatic carboxylic acids is 1. The molecule has 0 bridgehead atoms. The molecular weight excluding hydrogens is 244 g/mol. The number of benzene rings is 1. The van der Waals surface area contributed by atoms with E-state index in [-0.39, 0.29) is 17.7 Å². The second-order valence-corrected chi connectivity index (χ2v) is 4.52. The number of carboxylic acids is 1. The lowest BCUT2D eigenvalue weighted by Gasteiger charge is -2.19. The van der Waals surface area contributed by atoms with Crippen LogP contribution >= 0.6 is 0 Å². The summed E-state index contributed by atoms with van der Waals surface area (Å²) in [5.41, 5.74) is 1.05. The van der Waals surface area contributed by atoms with Crippen LogP contribution < -0.4 is 0 Å². The van der Waals surface area contributed by atoms with Crippen LogP contribution in [0.3, 0.4) is 0 Å². The molecule has 0 aliphatic heterocycles. The first-order valence-electron chi connectivity index (χ1n) is 6.25. The minimum absolute atomic E-state index is 0.0770. The Morgan fingerprint density at radius 2 is 2.00 bits per heavy atom. The molecule has 1 heterocycles. The fourth-order valence-electron chi connectivity index (χ4n) is 2.06. The van der Waals surface area contributed by atoms with Gasteiger partial charge in [-0.05, 0) is 11.5 Å². The number of hydrogen-bond acceptors (Lipinski definition) is 4. The first-order chi connectivity index (χ1) is 9.13. The van der Waals surface area contributed by atoms with Crippen molar-refractivity contribution in [2.24, 2.45) is 5.92 Å². The molecule has 1 aromatic heterocycles. The SMILES string of the molecule is CCC(C)C(c1ccccc1)c1nnc(C(=O)O)o1. The van der Waals surface area contributed by atoms with Crippen LogP contribution in [-0.2, 0) is 0 Å². The van der Waals surface area contributed by atoms with Crippen LogP contribution in [0.2, 0.25) is 0 Å². The van der Waals surface area contributed by atoms with Gasteiger partial charge in [0.2, 0.25) is 5.89 Å². The molecule has 1 N–H and O–H groups in total. The molecule has 0 radical (unpaired) electrons. The maximum atomic E-state index is 10.8. The quantitative estimate of drug-likeness (QED) is 0.894. The van der Waals surface area contributed by atoms with Crippen molar-refractivity contribution >= 4 is 5.97 Å². The molecule has 5 nitrogen and oxygen atoms in total. The molecule has 100 valence electrons. The highest BCUT2D eigenvalue weighted by atomic mass is 16.4. The van der Waals surface area contributed by atoms with Gasteiger partial charge in [0, 0.05) is 0 Å². The summed E-state index contributed by atoms with van der Waals surface area (Å²) >= 11 is 0. The van der Waals surface area contributed by atoms with Gasteiger partial charge < -0.3 is 9.52 Å². The van der Waals surface area contributed by atoms with Crippen molar-refractivity contribution in [1.82, 2.24) is 10.2 Å². The van der Waals surface area contributed by atoms with Crippen molar-refractivity contribution in [2.75, 3.05) is 0 Å². The van der Waals surface area contributed by atoms with Crippen molar-refractivity contribution in [2.45, 2.75) is 26.2 Å². The highest BCUT2D eigenvalue weighted by molar-refractivity contribution is 5.81. The zero-order valence-electron chi connectivity index (χ0n) is 10.9. The summed E-state index contributed by atoms with van der Waals surface area (Å²) in [4.78, 5) is 10.8. The fraction of sp³-hybridized carbons (Fsp3) is 0.357. The predicted octanol–water partition coefficient (Wildman–Crippen LogP) is 2.95. The van der Waals surface area contributed by atoms with Crippen molar-refractivity contribution in [3.05, 3.63) is 47.7 Å². The monoisotopic (exact) mass is 260 g/mol. The van der Waals surface area contributed by atoms with Gasteiger partial charge in [0.25, 0.3) is 0 Å². The van der Waals surface area contributed by atoms with Gasteiger partial charge in [0.15, 0.2) is 0 Å². The molecule has 2 unspecified atom stereocenters. The second-order valence-electron chi connectivity index (χ2n) is 4.52. The van der Waals surface area contributed by atoms with Crippen LogP contribution in [0.25, 0.3) is 0 Å². The average Bonchev–Trinajstić information content (AvgIpc) is 2.89. The van der Waals surface area contributed by atoms with Crippen molar-refractivity contribution < 1.29 is 14.3 Å². The van der Waals surface area contributed by atoms with Crippen LogP contribution in [0.5, 0.6) is 0 Å². The zero-order chi connectivity index (χ0) is 13.8. The molecule has 0 aliphatic carbocycles. The van der Waals surface area contributed by atoms with Gasteiger partial charge in [-0.1, -0.05) is 50.6 Å². The van der Waals surface area contributed by atoms with E-state index in [1.54, 1.807) is 0 Å². The summed E-state index contributed by atoms with van der Waals surface area (Å²) in [5, 5.41) is 16.3. The summed E-state index contributed by atoms with van der Waals surface area (Å²) in [6.45, 7) is 4.16. The summed E-state index contributed by atoms with van der Waals surface area (Å²) in [5.74, 6) is -0.997. The van der Waals surface area contributed by atoms with E-state index >= 15 is 0 Å². The normalized spacial score (nSPS) is 14.0. The summed E-state index contributed by atoms with van der Waals surface area (Å²) < 4.78 is 5.26. The van der Waals surface area contributed by atoms with Gasteiger partial charge in [-0.3, -0.25) is 0 Å². The van der Waals surface area contributed by atoms with Gasteiger partial charge >= 0.3 is 11.9 Å². The van der Waals surface area contributed by atoms with E-state index < -0.39 is 5.97 Å². The van der Waals surface area contributed by atoms with Gasteiger partial charge in [0.1, 0.15) is 0 Å². The summed E-state index contributed by atoms with van der Waals surface area (Å²) in [6.07, 6.45) is 0.935. The van der Waals surface area contributed by atoms with Crippen molar-refractivity contribution in [3.8, 4) is 0 Å². The molecular formula is C14H16N2O3. The van der Waals surface area contributed by atoms with Gasteiger partial charge in [0.05, 0.1) is 5.92 Å². The molecule has 0 fully saturated rings. The third-order valence-electron chi connectivity index (χ3n) is 3.26. The molecule has 2 atom stereocenters. The molecule has 2 rings (SSSR count). The van der Waals surface area contributed by atoms with E-state index in [0.717, 1.165) is 12.0 Å². The lowest BCUT2D eigenvalue weighted by Crippen LogP contribution is -2.11. The van der Waals surface area contributed by atoms with Crippen molar-refractivity contribution in [3.63, 3.8) is 0 Å². The molecule has 1 aromatic carbocycles. The summed E-state index contributed by atoms with van der Waals surface area (Å²) in [6, 6.07) is 9.80. The molecule has 0 saturated carbocycles. The van der Waals surface area contributed by atoms with E-state index in [0.29, 0.717) is 5.89 Å². The van der Waals surface area contributed by atoms with Crippen LogP contribution in [0, 0.1) is 5.92 Å².